The molecule has 1 aromatic carbocycles. The Balaban J connectivity index is 1.91. The monoisotopic (exact) mass is 431 g/mol. The first-order valence-electron chi connectivity index (χ1n) is 9.75. The number of nitrogens with zero attached hydrogens (tertiary/aromatic N) is 1. The molecule has 2 aromatic rings. The van der Waals surface area contributed by atoms with Crippen LogP contribution in [0.5, 0.6) is 11.5 Å². The summed E-state index contributed by atoms with van der Waals surface area (Å²) in [5.41, 5.74) is 2.04. The smallest absolute Gasteiger partial charge is 0.323 e. The number of fused-ring (bicyclic) bond motifs is 3. The first-order chi connectivity index (χ1) is 14.5. The van der Waals surface area contributed by atoms with E-state index >= 15 is 0 Å². The number of methoxy groups -OCH3 is 4. The van der Waals surface area contributed by atoms with Crippen molar-refractivity contribution in [3.05, 3.63) is 45.6 Å². The topological polar surface area (TPSA) is 74.3 Å². The fourth-order valence-corrected chi connectivity index (χ4v) is 5.84. The van der Waals surface area contributed by atoms with Crippen molar-refractivity contribution in [2.75, 3.05) is 35.0 Å². The van der Waals surface area contributed by atoms with Crippen molar-refractivity contribution in [2.24, 2.45) is 5.92 Å². The molecule has 160 valence electrons. The Hall–Kier alpha value is -2.58. The SMILES string of the molecule is COC(=O)[C@@H]1[C@@H](c2cccs2)[C@@H](C(=O)OC)N2CCc3cc(OC)c(OC)cc3[C@H]12. The molecule has 1 aromatic heterocycles. The van der Waals surface area contributed by atoms with Crippen LogP contribution >= 0.6 is 11.3 Å². The van der Waals surface area contributed by atoms with E-state index < -0.39 is 12.0 Å². The molecule has 3 heterocycles. The van der Waals surface area contributed by atoms with Gasteiger partial charge in [0.05, 0.1) is 40.4 Å². The van der Waals surface area contributed by atoms with Gasteiger partial charge in [0, 0.05) is 17.3 Å². The zero-order valence-corrected chi connectivity index (χ0v) is 18.2. The molecule has 0 radical (unpaired) electrons. The van der Waals surface area contributed by atoms with Gasteiger partial charge in [-0.1, -0.05) is 6.07 Å². The third kappa shape index (κ3) is 3.15. The zero-order valence-electron chi connectivity index (χ0n) is 17.4. The van der Waals surface area contributed by atoms with E-state index in [2.05, 4.69) is 4.90 Å². The highest BCUT2D eigenvalue weighted by Crippen LogP contribution is 2.54. The van der Waals surface area contributed by atoms with E-state index in [1.807, 2.05) is 29.6 Å². The summed E-state index contributed by atoms with van der Waals surface area (Å²) >= 11 is 1.54. The maximum absolute atomic E-state index is 13.1. The Morgan fingerprint density at radius 1 is 1.03 bits per heavy atom. The maximum atomic E-state index is 13.1. The van der Waals surface area contributed by atoms with E-state index in [0.29, 0.717) is 18.0 Å². The highest BCUT2D eigenvalue weighted by molar-refractivity contribution is 7.10. The van der Waals surface area contributed by atoms with E-state index in [-0.39, 0.29) is 23.9 Å². The molecule has 0 unspecified atom stereocenters. The van der Waals surface area contributed by atoms with Gasteiger partial charge in [0.15, 0.2) is 11.5 Å². The minimum absolute atomic E-state index is 0.322. The lowest BCUT2D eigenvalue weighted by Crippen LogP contribution is -2.43. The van der Waals surface area contributed by atoms with Gasteiger partial charge in [0.25, 0.3) is 0 Å². The second-order valence-corrected chi connectivity index (χ2v) is 8.38. The highest BCUT2D eigenvalue weighted by atomic mass is 32.1. The molecule has 0 N–H and O–H groups in total. The quantitative estimate of drug-likeness (QED) is 0.674. The maximum Gasteiger partial charge on any atom is 0.323 e. The van der Waals surface area contributed by atoms with Gasteiger partial charge < -0.3 is 18.9 Å². The van der Waals surface area contributed by atoms with Gasteiger partial charge in [0.2, 0.25) is 0 Å². The minimum atomic E-state index is -0.566. The van der Waals surface area contributed by atoms with Crippen LogP contribution in [0.15, 0.2) is 29.6 Å². The number of rotatable bonds is 5. The Morgan fingerprint density at radius 2 is 1.73 bits per heavy atom. The third-order valence-electron chi connectivity index (χ3n) is 6.17. The molecule has 1 fully saturated rings. The highest BCUT2D eigenvalue weighted by Gasteiger charge is 2.58. The molecule has 2 aliphatic rings. The van der Waals surface area contributed by atoms with Gasteiger partial charge in [-0.3, -0.25) is 14.5 Å². The fourth-order valence-electron chi connectivity index (χ4n) is 4.93. The molecule has 2 aliphatic heterocycles. The summed E-state index contributed by atoms with van der Waals surface area (Å²) < 4.78 is 21.4. The van der Waals surface area contributed by atoms with E-state index in [1.54, 1.807) is 14.2 Å². The number of hydrogen-bond acceptors (Lipinski definition) is 8. The van der Waals surface area contributed by atoms with Crippen molar-refractivity contribution in [1.29, 1.82) is 0 Å². The van der Waals surface area contributed by atoms with Crippen molar-refractivity contribution in [3.63, 3.8) is 0 Å². The molecule has 0 amide bonds. The number of ether oxygens (including phenoxy) is 4. The fraction of sp³-hybridized carbons (Fsp3) is 0.455. The van der Waals surface area contributed by atoms with Gasteiger partial charge in [-0.15, -0.1) is 11.3 Å². The second-order valence-electron chi connectivity index (χ2n) is 7.40. The standard InChI is InChI=1S/C22H25NO6S/c1-26-14-10-12-7-8-23-19(13(12)11-15(14)27-2)18(21(24)28-3)17(16-6-5-9-30-16)20(23)22(25)29-4/h5-6,9-11,17-20H,7-8H2,1-4H3/t17-,18-,19-,20+/m1/s1. The van der Waals surface area contributed by atoms with E-state index in [0.717, 1.165) is 22.4 Å². The summed E-state index contributed by atoms with van der Waals surface area (Å²) in [6.45, 7) is 0.627. The average molecular weight is 432 g/mol. The van der Waals surface area contributed by atoms with Crippen LogP contribution in [0.3, 0.4) is 0 Å². The molecule has 4 atom stereocenters. The summed E-state index contributed by atoms with van der Waals surface area (Å²) in [6, 6.07) is 6.90. The van der Waals surface area contributed by atoms with Crippen molar-refractivity contribution in [2.45, 2.75) is 24.4 Å². The van der Waals surface area contributed by atoms with Crippen LogP contribution < -0.4 is 9.47 Å². The number of benzene rings is 1. The number of carbonyl (C=O) groups excluding carboxylic acids is 2. The van der Waals surface area contributed by atoms with Crippen LogP contribution in [0.1, 0.15) is 28.0 Å². The van der Waals surface area contributed by atoms with Gasteiger partial charge in [-0.05, 0) is 41.1 Å². The third-order valence-corrected chi connectivity index (χ3v) is 7.15. The van der Waals surface area contributed by atoms with Crippen molar-refractivity contribution in [1.82, 2.24) is 4.90 Å². The largest absolute Gasteiger partial charge is 0.493 e. The molecule has 7 nitrogen and oxygen atoms in total. The predicted octanol–water partition coefficient (Wildman–Crippen LogP) is 2.79. The summed E-state index contributed by atoms with van der Waals surface area (Å²) in [4.78, 5) is 29.0. The lowest BCUT2D eigenvalue weighted by Gasteiger charge is -2.36. The Morgan fingerprint density at radius 3 is 2.33 bits per heavy atom. The predicted molar refractivity (Wildman–Crippen MR) is 111 cm³/mol. The van der Waals surface area contributed by atoms with Crippen LogP contribution in [0, 0.1) is 5.92 Å². The first kappa shape index (κ1) is 20.7. The summed E-state index contributed by atoms with van der Waals surface area (Å²) in [5, 5.41) is 1.96. The molecule has 4 rings (SSSR count). The number of hydrogen-bond donors (Lipinski definition) is 0. The number of esters is 2. The van der Waals surface area contributed by atoms with Crippen LogP contribution in [0.4, 0.5) is 0 Å². The minimum Gasteiger partial charge on any atom is -0.493 e. The lowest BCUT2D eigenvalue weighted by molar-refractivity contribution is -0.147. The van der Waals surface area contributed by atoms with Gasteiger partial charge in [0.1, 0.15) is 6.04 Å². The lowest BCUT2D eigenvalue weighted by atomic mass is 9.81. The Kier molecular flexibility index (Phi) is 5.71. The second kappa shape index (κ2) is 8.28. The average Bonchev–Trinajstić information content (AvgIpc) is 3.42. The van der Waals surface area contributed by atoms with Crippen LogP contribution in [-0.4, -0.2) is 57.9 Å². The summed E-state index contributed by atoms with van der Waals surface area (Å²) in [5.74, 6) is -0.331. The molecule has 1 saturated heterocycles. The van der Waals surface area contributed by atoms with Crippen molar-refractivity contribution >= 4 is 23.3 Å². The molecule has 8 heteroatoms. The Bertz CT molecular complexity index is 943. The molecule has 30 heavy (non-hydrogen) atoms. The normalized spacial score (nSPS) is 25.2. The van der Waals surface area contributed by atoms with E-state index in [4.69, 9.17) is 18.9 Å². The molecule has 0 bridgehead atoms. The van der Waals surface area contributed by atoms with Gasteiger partial charge in [-0.25, -0.2) is 0 Å². The number of thiophene rings is 1. The zero-order chi connectivity index (χ0) is 21.4. The van der Waals surface area contributed by atoms with Crippen molar-refractivity contribution in [3.8, 4) is 11.5 Å². The van der Waals surface area contributed by atoms with Gasteiger partial charge in [-0.2, -0.15) is 0 Å². The molecule has 0 saturated carbocycles. The van der Waals surface area contributed by atoms with E-state index in [9.17, 15) is 9.59 Å². The summed E-state index contributed by atoms with van der Waals surface area (Å²) in [7, 11) is 5.97. The van der Waals surface area contributed by atoms with Crippen molar-refractivity contribution < 1.29 is 28.5 Å². The number of carbonyl (C=O) groups is 2. The molecular formula is C22H25NO6S. The molecule has 0 spiro atoms. The van der Waals surface area contributed by atoms with Crippen LogP contribution in [-0.2, 0) is 25.5 Å². The van der Waals surface area contributed by atoms with Crippen LogP contribution in [0.25, 0.3) is 0 Å². The van der Waals surface area contributed by atoms with Crippen LogP contribution in [0.2, 0.25) is 0 Å². The molecule has 0 aliphatic carbocycles. The summed E-state index contributed by atoms with van der Waals surface area (Å²) in [6.07, 6.45) is 0.727. The molecular weight excluding hydrogens is 406 g/mol. The van der Waals surface area contributed by atoms with Gasteiger partial charge >= 0.3 is 11.9 Å². The van der Waals surface area contributed by atoms with E-state index in [1.165, 1.54) is 25.6 Å². The first-order valence-corrected chi connectivity index (χ1v) is 10.6. The Labute approximate surface area is 179 Å².